The number of carbonyl (C=O) groups excluding carboxylic acids is 2. The van der Waals surface area contributed by atoms with E-state index >= 15 is 0 Å². The van der Waals surface area contributed by atoms with Crippen molar-refractivity contribution < 1.29 is 14.3 Å². The minimum atomic E-state index is -0.699. The highest BCUT2D eigenvalue weighted by Gasteiger charge is 2.33. The summed E-state index contributed by atoms with van der Waals surface area (Å²) in [6.07, 6.45) is 2.08. The van der Waals surface area contributed by atoms with Crippen molar-refractivity contribution in [2.24, 2.45) is 11.8 Å². The Balaban J connectivity index is 1.72. The van der Waals surface area contributed by atoms with Gasteiger partial charge < -0.3 is 20.3 Å². The van der Waals surface area contributed by atoms with Crippen molar-refractivity contribution in [3.05, 3.63) is 56.7 Å². The number of ether oxygens (including phenoxy) is 1. The molecular formula is C26H37N5O5. The summed E-state index contributed by atoms with van der Waals surface area (Å²) in [6, 6.07) is 9.87. The first-order valence-electron chi connectivity index (χ1n) is 12.5. The fourth-order valence-electron chi connectivity index (χ4n) is 4.55. The molecule has 36 heavy (non-hydrogen) atoms. The Morgan fingerprint density at radius 3 is 2.44 bits per heavy atom. The molecule has 1 aromatic carbocycles. The van der Waals surface area contributed by atoms with Gasteiger partial charge in [-0.15, -0.1) is 0 Å². The summed E-state index contributed by atoms with van der Waals surface area (Å²) in [5, 5.41) is 0. The number of rotatable bonds is 10. The molecule has 2 aromatic rings. The predicted molar refractivity (Wildman–Crippen MR) is 139 cm³/mol. The average molecular weight is 500 g/mol. The van der Waals surface area contributed by atoms with Gasteiger partial charge in [0.2, 0.25) is 11.8 Å². The van der Waals surface area contributed by atoms with E-state index < -0.39 is 11.2 Å². The number of nitrogen functional groups attached to an aromatic ring is 1. The van der Waals surface area contributed by atoms with Crippen LogP contribution in [0.5, 0.6) is 0 Å². The molecule has 2 amide bonds. The monoisotopic (exact) mass is 499 g/mol. The van der Waals surface area contributed by atoms with Gasteiger partial charge >= 0.3 is 5.69 Å². The molecule has 0 radical (unpaired) electrons. The van der Waals surface area contributed by atoms with E-state index in [-0.39, 0.29) is 48.3 Å². The molecule has 10 heteroatoms. The third-order valence-corrected chi connectivity index (χ3v) is 6.48. The van der Waals surface area contributed by atoms with E-state index in [0.29, 0.717) is 45.3 Å². The number of nitrogens with zero attached hydrogens (tertiary/aromatic N) is 3. The first kappa shape index (κ1) is 27.2. The Morgan fingerprint density at radius 1 is 1.17 bits per heavy atom. The SMILES string of the molecule is COCCN(C(=O)C1CCN(C(=O)CCc2ccccc2)CC1)c1c(N)n(CC(C)C)c(=O)[nH]c1=O. The zero-order valence-corrected chi connectivity index (χ0v) is 21.4. The number of piperidine rings is 1. The lowest BCUT2D eigenvalue weighted by molar-refractivity contribution is -0.135. The highest BCUT2D eigenvalue weighted by atomic mass is 16.5. The second kappa shape index (κ2) is 12.5. The number of aromatic nitrogens is 2. The number of aromatic amines is 1. The van der Waals surface area contributed by atoms with Crippen molar-refractivity contribution in [3.8, 4) is 0 Å². The van der Waals surface area contributed by atoms with Gasteiger partial charge in [0.25, 0.3) is 5.56 Å². The first-order chi connectivity index (χ1) is 17.2. The minimum absolute atomic E-state index is 0.0290. The molecule has 1 aliphatic rings. The van der Waals surface area contributed by atoms with E-state index in [0.717, 1.165) is 5.56 Å². The van der Waals surface area contributed by atoms with Gasteiger partial charge in [-0.05, 0) is 30.7 Å². The van der Waals surface area contributed by atoms with Crippen LogP contribution in [0.4, 0.5) is 11.5 Å². The number of benzene rings is 1. The van der Waals surface area contributed by atoms with Crippen molar-refractivity contribution in [2.75, 3.05) is 44.0 Å². The molecule has 0 aliphatic carbocycles. The van der Waals surface area contributed by atoms with Gasteiger partial charge in [0.1, 0.15) is 5.82 Å². The number of amides is 2. The van der Waals surface area contributed by atoms with Crippen LogP contribution in [0, 0.1) is 11.8 Å². The number of nitrogens with one attached hydrogen (secondary N) is 1. The van der Waals surface area contributed by atoms with Crippen LogP contribution in [0.1, 0.15) is 38.7 Å². The number of H-pyrrole nitrogens is 1. The average Bonchev–Trinajstić information content (AvgIpc) is 2.87. The quantitative estimate of drug-likeness (QED) is 0.511. The van der Waals surface area contributed by atoms with Gasteiger partial charge in [-0.3, -0.25) is 23.9 Å². The van der Waals surface area contributed by atoms with Crippen LogP contribution >= 0.6 is 0 Å². The second-order valence-corrected chi connectivity index (χ2v) is 9.62. The maximum atomic E-state index is 13.6. The van der Waals surface area contributed by atoms with Gasteiger partial charge in [0.05, 0.1) is 6.61 Å². The van der Waals surface area contributed by atoms with E-state index in [4.69, 9.17) is 10.5 Å². The molecule has 0 atom stereocenters. The molecule has 1 aromatic heterocycles. The van der Waals surface area contributed by atoms with E-state index in [1.165, 1.54) is 16.6 Å². The summed E-state index contributed by atoms with van der Waals surface area (Å²) in [4.78, 5) is 56.9. The molecule has 0 saturated carbocycles. The zero-order valence-electron chi connectivity index (χ0n) is 21.4. The van der Waals surface area contributed by atoms with E-state index in [1.807, 2.05) is 44.2 Å². The van der Waals surface area contributed by atoms with Crippen molar-refractivity contribution >= 4 is 23.3 Å². The fourth-order valence-corrected chi connectivity index (χ4v) is 4.55. The molecule has 0 unspecified atom stereocenters. The highest BCUT2D eigenvalue weighted by Crippen LogP contribution is 2.25. The number of anilines is 2. The molecule has 1 saturated heterocycles. The van der Waals surface area contributed by atoms with Crippen LogP contribution in [-0.2, 0) is 27.3 Å². The van der Waals surface area contributed by atoms with Crippen molar-refractivity contribution in [2.45, 2.75) is 46.1 Å². The number of aryl methyl sites for hydroxylation is 1. The first-order valence-corrected chi connectivity index (χ1v) is 12.5. The minimum Gasteiger partial charge on any atom is -0.383 e. The molecule has 3 rings (SSSR count). The highest BCUT2D eigenvalue weighted by molar-refractivity contribution is 5.97. The summed E-state index contributed by atoms with van der Waals surface area (Å²) >= 11 is 0. The number of methoxy groups -OCH3 is 1. The van der Waals surface area contributed by atoms with E-state index in [1.54, 1.807) is 4.90 Å². The normalized spacial score (nSPS) is 14.3. The number of hydrogen-bond acceptors (Lipinski definition) is 6. The maximum Gasteiger partial charge on any atom is 0.330 e. The molecule has 10 nitrogen and oxygen atoms in total. The molecule has 196 valence electrons. The number of hydrogen-bond donors (Lipinski definition) is 2. The van der Waals surface area contributed by atoms with Gasteiger partial charge in [0, 0.05) is 45.6 Å². The summed E-state index contributed by atoms with van der Waals surface area (Å²) < 4.78 is 6.47. The van der Waals surface area contributed by atoms with E-state index in [9.17, 15) is 19.2 Å². The van der Waals surface area contributed by atoms with Crippen LogP contribution in [0.15, 0.2) is 39.9 Å². The summed E-state index contributed by atoms with van der Waals surface area (Å²) in [7, 11) is 1.51. The smallest absolute Gasteiger partial charge is 0.330 e. The van der Waals surface area contributed by atoms with Gasteiger partial charge in [-0.2, -0.15) is 0 Å². The van der Waals surface area contributed by atoms with Gasteiger partial charge in [0.15, 0.2) is 5.69 Å². The standard InChI is InChI=1S/C26H37N5O5/c1-18(2)17-31-23(27)22(24(33)28-26(31)35)30(15-16-36-3)25(34)20-11-13-29(14-12-20)21(32)10-9-19-7-5-4-6-8-19/h4-8,18,20H,9-17,27H2,1-3H3,(H,28,33,35). The Labute approximate surface area is 211 Å². The predicted octanol–water partition coefficient (Wildman–Crippen LogP) is 1.63. The molecule has 1 aliphatic heterocycles. The van der Waals surface area contributed by atoms with Crippen LogP contribution < -0.4 is 21.9 Å². The summed E-state index contributed by atoms with van der Waals surface area (Å²) in [5.74, 6) is -0.479. The Kier molecular flexibility index (Phi) is 9.46. The summed E-state index contributed by atoms with van der Waals surface area (Å²) in [5.41, 5.74) is 6.06. The van der Waals surface area contributed by atoms with Crippen molar-refractivity contribution in [3.63, 3.8) is 0 Å². The van der Waals surface area contributed by atoms with Gasteiger partial charge in [-0.25, -0.2) is 4.79 Å². The summed E-state index contributed by atoms with van der Waals surface area (Å²) in [6.45, 7) is 5.44. The van der Waals surface area contributed by atoms with Crippen LogP contribution in [0.3, 0.4) is 0 Å². The topological polar surface area (TPSA) is 131 Å². The van der Waals surface area contributed by atoms with Crippen LogP contribution in [0.25, 0.3) is 0 Å². The lowest BCUT2D eigenvalue weighted by Crippen LogP contribution is -2.48. The van der Waals surface area contributed by atoms with Gasteiger partial charge in [-0.1, -0.05) is 44.2 Å². The number of nitrogens with two attached hydrogens (primary N) is 1. The fraction of sp³-hybridized carbons (Fsp3) is 0.538. The number of likely N-dealkylation sites (tertiary alicyclic amines) is 1. The molecule has 2 heterocycles. The van der Waals surface area contributed by atoms with Crippen molar-refractivity contribution in [1.29, 1.82) is 0 Å². The third kappa shape index (κ3) is 6.63. The third-order valence-electron chi connectivity index (χ3n) is 6.48. The Bertz CT molecular complexity index is 1150. The Morgan fingerprint density at radius 2 is 1.83 bits per heavy atom. The molecule has 1 fully saturated rings. The molecule has 0 spiro atoms. The van der Waals surface area contributed by atoms with Crippen LogP contribution in [-0.4, -0.2) is 59.6 Å². The largest absolute Gasteiger partial charge is 0.383 e. The maximum absolute atomic E-state index is 13.6. The Hall–Kier alpha value is -3.40. The molecule has 0 bridgehead atoms. The zero-order chi connectivity index (χ0) is 26.2. The lowest BCUT2D eigenvalue weighted by atomic mass is 9.94. The molecule has 3 N–H and O–H groups in total. The number of carbonyl (C=O) groups is 2. The van der Waals surface area contributed by atoms with Crippen molar-refractivity contribution in [1.82, 2.24) is 14.5 Å². The lowest BCUT2D eigenvalue weighted by Gasteiger charge is -2.34. The van der Waals surface area contributed by atoms with E-state index in [2.05, 4.69) is 4.98 Å². The molecular weight excluding hydrogens is 462 g/mol. The van der Waals surface area contributed by atoms with Crippen LogP contribution in [0.2, 0.25) is 0 Å². The second-order valence-electron chi connectivity index (χ2n) is 9.62.